The molecule has 2 N–H and O–H groups in total. The molecular weight excluding hydrogens is 428 g/mol. The lowest BCUT2D eigenvalue weighted by atomic mass is 9.77. The van der Waals surface area contributed by atoms with Crippen LogP contribution in [-0.4, -0.2) is 56.6 Å². The second-order valence-corrected chi connectivity index (χ2v) is 11.3. The Balaban J connectivity index is 1.56. The van der Waals surface area contributed by atoms with Gasteiger partial charge in [0.1, 0.15) is 23.2 Å². The first-order valence-corrected chi connectivity index (χ1v) is 12.4. The summed E-state index contributed by atoms with van der Waals surface area (Å²) in [6.45, 7) is 6.38. The Morgan fingerprint density at radius 1 is 1.25 bits per heavy atom. The van der Waals surface area contributed by atoms with Gasteiger partial charge in [-0.2, -0.15) is 0 Å². The van der Waals surface area contributed by atoms with Crippen LogP contribution >= 0.6 is 11.8 Å². The number of carboxylic acids is 1. The number of unbranched alkanes of at least 4 members (excludes halogenated alkanes) is 1. The Morgan fingerprint density at radius 2 is 1.94 bits per heavy atom. The quantitative estimate of drug-likeness (QED) is 0.456. The monoisotopic (exact) mass is 460 g/mol. The molecule has 2 heterocycles. The van der Waals surface area contributed by atoms with Crippen LogP contribution in [0.5, 0.6) is 5.75 Å². The number of rotatable bonds is 8. The highest BCUT2D eigenvalue weighted by molar-refractivity contribution is 8.01. The minimum atomic E-state index is -1.01. The fourth-order valence-corrected chi connectivity index (χ4v) is 6.96. The molecule has 3 atom stereocenters. The molecule has 8 heteroatoms. The SMILES string of the molecule is CCCCOc1ccccc1C1(C(=O)N[C@@H]2C(=O)N3[C@@H](C(=O)O)C(C)(C)S[C@@H]23)CCCC1. The van der Waals surface area contributed by atoms with Gasteiger partial charge in [0.05, 0.1) is 12.0 Å². The number of aliphatic carboxylic acids is 1. The molecule has 1 aromatic carbocycles. The van der Waals surface area contributed by atoms with Crippen molar-refractivity contribution in [3.63, 3.8) is 0 Å². The highest BCUT2D eigenvalue weighted by atomic mass is 32.2. The van der Waals surface area contributed by atoms with Crippen LogP contribution in [-0.2, 0) is 19.8 Å². The maximum Gasteiger partial charge on any atom is 0.327 e. The first-order chi connectivity index (χ1) is 15.2. The van der Waals surface area contributed by atoms with Crippen molar-refractivity contribution in [3.05, 3.63) is 29.8 Å². The van der Waals surface area contributed by atoms with Crippen molar-refractivity contribution in [1.82, 2.24) is 10.2 Å². The van der Waals surface area contributed by atoms with Gasteiger partial charge in [0.15, 0.2) is 0 Å². The average molecular weight is 461 g/mol. The predicted octanol–water partition coefficient (Wildman–Crippen LogP) is 3.31. The van der Waals surface area contributed by atoms with Crippen molar-refractivity contribution in [2.45, 2.75) is 86.9 Å². The van der Waals surface area contributed by atoms with Crippen molar-refractivity contribution in [2.24, 2.45) is 0 Å². The van der Waals surface area contributed by atoms with Gasteiger partial charge in [0.25, 0.3) is 0 Å². The number of thioether (sulfide) groups is 1. The summed E-state index contributed by atoms with van der Waals surface area (Å²) in [7, 11) is 0. The fraction of sp³-hybridized carbons (Fsp3) is 0.625. The third kappa shape index (κ3) is 3.66. The van der Waals surface area contributed by atoms with E-state index in [1.54, 1.807) is 0 Å². The minimum absolute atomic E-state index is 0.156. The van der Waals surface area contributed by atoms with Crippen LogP contribution in [0.4, 0.5) is 0 Å². The standard InChI is InChI=1S/C24H32N2O5S/c1-4-5-14-31-16-11-7-6-10-15(16)24(12-8-9-13-24)22(30)25-17-19(27)26-18(21(28)29)23(2,3)32-20(17)26/h6-7,10-11,17-18,20H,4-5,8-9,12-14H2,1-3H3,(H,25,30)(H,28,29)/t17-,18+,20+/m1/s1. The maximum atomic E-state index is 13.7. The van der Waals surface area contributed by atoms with Gasteiger partial charge >= 0.3 is 5.97 Å². The number of carboxylic acid groups (broad SMARTS) is 1. The van der Waals surface area contributed by atoms with Gasteiger partial charge in [-0.05, 0) is 39.2 Å². The van der Waals surface area contributed by atoms with Crippen molar-refractivity contribution in [1.29, 1.82) is 0 Å². The molecule has 32 heavy (non-hydrogen) atoms. The summed E-state index contributed by atoms with van der Waals surface area (Å²) in [4.78, 5) is 39.8. The number of para-hydroxylation sites is 1. The summed E-state index contributed by atoms with van der Waals surface area (Å²) in [6.07, 6.45) is 5.26. The van der Waals surface area contributed by atoms with E-state index in [4.69, 9.17) is 4.74 Å². The van der Waals surface area contributed by atoms with E-state index in [1.807, 2.05) is 38.1 Å². The predicted molar refractivity (Wildman–Crippen MR) is 123 cm³/mol. The van der Waals surface area contributed by atoms with Crippen LogP contribution in [0.3, 0.4) is 0 Å². The number of carbonyl (C=O) groups excluding carboxylic acids is 2. The van der Waals surface area contributed by atoms with Crippen LogP contribution in [0.2, 0.25) is 0 Å². The van der Waals surface area contributed by atoms with Crippen LogP contribution in [0.25, 0.3) is 0 Å². The summed E-state index contributed by atoms with van der Waals surface area (Å²) in [6, 6.07) is 6.16. The molecule has 3 fully saturated rings. The van der Waals surface area contributed by atoms with Gasteiger partial charge in [-0.25, -0.2) is 4.79 Å². The largest absolute Gasteiger partial charge is 0.493 e. The van der Waals surface area contributed by atoms with Gasteiger partial charge < -0.3 is 20.1 Å². The summed E-state index contributed by atoms with van der Waals surface area (Å²) in [5.41, 5.74) is 0.159. The zero-order valence-electron chi connectivity index (χ0n) is 18.9. The molecule has 1 saturated carbocycles. The Hall–Kier alpha value is -2.22. The Morgan fingerprint density at radius 3 is 2.59 bits per heavy atom. The number of hydrogen-bond acceptors (Lipinski definition) is 5. The van der Waals surface area contributed by atoms with Crippen LogP contribution in [0.1, 0.15) is 64.9 Å². The van der Waals surface area contributed by atoms with Gasteiger partial charge in [0.2, 0.25) is 11.8 Å². The Kier molecular flexibility index (Phi) is 6.18. The molecular formula is C24H32N2O5S. The highest BCUT2D eigenvalue weighted by Crippen LogP contribution is 2.51. The number of nitrogens with one attached hydrogen (secondary N) is 1. The van der Waals surface area contributed by atoms with Gasteiger partial charge in [-0.3, -0.25) is 9.59 Å². The number of benzene rings is 1. The number of carbonyl (C=O) groups is 3. The van der Waals surface area contributed by atoms with E-state index in [9.17, 15) is 19.5 Å². The normalized spacial score (nSPS) is 27.5. The first-order valence-electron chi connectivity index (χ1n) is 11.5. The van der Waals surface area contributed by atoms with E-state index < -0.39 is 28.2 Å². The van der Waals surface area contributed by atoms with E-state index in [0.29, 0.717) is 19.4 Å². The number of ether oxygens (including phenoxy) is 1. The first kappa shape index (κ1) is 23.0. The van der Waals surface area contributed by atoms with Crippen molar-refractivity contribution >= 4 is 29.5 Å². The van der Waals surface area contributed by atoms with Crippen LogP contribution in [0, 0.1) is 0 Å². The minimum Gasteiger partial charge on any atom is -0.493 e. The third-order valence-corrected chi connectivity index (χ3v) is 8.58. The van der Waals surface area contributed by atoms with Crippen molar-refractivity contribution in [2.75, 3.05) is 6.61 Å². The molecule has 0 unspecified atom stereocenters. The van der Waals surface area contributed by atoms with Gasteiger partial charge in [-0.15, -0.1) is 11.8 Å². The molecule has 1 aromatic rings. The van der Waals surface area contributed by atoms with Gasteiger partial charge in [0, 0.05) is 10.3 Å². The third-order valence-electron chi connectivity index (χ3n) is 7.01. The summed E-state index contributed by atoms with van der Waals surface area (Å²) < 4.78 is 5.43. The Labute approximate surface area is 193 Å². The summed E-state index contributed by atoms with van der Waals surface area (Å²) >= 11 is 1.45. The lowest BCUT2D eigenvalue weighted by molar-refractivity contribution is -0.161. The average Bonchev–Trinajstić information content (AvgIpc) is 3.34. The van der Waals surface area contributed by atoms with Crippen LogP contribution in [0.15, 0.2) is 24.3 Å². The molecule has 0 spiro atoms. The molecule has 0 aromatic heterocycles. The number of fused-ring (bicyclic) bond motifs is 1. The second-order valence-electron chi connectivity index (χ2n) is 9.54. The smallest absolute Gasteiger partial charge is 0.327 e. The molecule has 2 amide bonds. The zero-order chi connectivity index (χ0) is 23.1. The molecule has 4 rings (SSSR count). The molecule has 0 bridgehead atoms. The van der Waals surface area contributed by atoms with E-state index in [0.717, 1.165) is 37.0 Å². The summed E-state index contributed by atoms with van der Waals surface area (Å²) in [5.74, 6) is -0.735. The number of nitrogens with zero attached hydrogens (tertiary/aromatic N) is 1. The lowest BCUT2D eigenvalue weighted by Gasteiger charge is -2.45. The molecule has 174 valence electrons. The molecule has 0 radical (unpaired) electrons. The molecule has 2 aliphatic heterocycles. The number of β-lactam (4-membered cyclic amide) rings is 1. The van der Waals surface area contributed by atoms with E-state index in [-0.39, 0.29) is 17.2 Å². The molecule has 1 aliphatic carbocycles. The topological polar surface area (TPSA) is 95.9 Å². The highest BCUT2D eigenvalue weighted by Gasteiger charge is 2.64. The number of hydrogen-bond donors (Lipinski definition) is 2. The molecule has 7 nitrogen and oxygen atoms in total. The molecule has 3 aliphatic rings. The van der Waals surface area contributed by atoms with E-state index in [2.05, 4.69) is 12.2 Å². The molecule has 2 saturated heterocycles. The lowest BCUT2D eigenvalue weighted by Crippen LogP contribution is -2.71. The summed E-state index contributed by atoms with van der Waals surface area (Å²) in [5, 5.41) is 12.3. The van der Waals surface area contributed by atoms with E-state index in [1.165, 1.54) is 16.7 Å². The van der Waals surface area contributed by atoms with Crippen molar-refractivity contribution in [3.8, 4) is 5.75 Å². The van der Waals surface area contributed by atoms with Crippen LogP contribution < -0.4 is 10.1 Å². The fourth-order valence-electron chi connectivity index (χ4n) is 5.34. The van der Waals surface area contributed by atoms with E-state index >= 15 is 0 Å². The van der Waals surface area contributed by atoms with Gasteiger partial charge in [-0.1, -0.05) is 44.4 Å². The number of amides is 2. The second kappa shape index (κ2) is 8.61. The maximum absolute atomic E-state index is 13.7. The zero-order valence-corrected chi connectivity index (χ0v) is 19.7. The van der Waals surface area contributed by atoms with Crippen molar-refractivity contribution < 1.29 is 24.2 Å². The Bertz CT molecular complexity index is 911.